The van der Waals surface area contributed by atoms with Crippen molar-refractivity contribution in [3.05, 3.63) is 63.9 Å². The lowest BCUT2D eigenvalue weighted by molar-refractivity contribution is 0.294. The second-order valence-electron chi connectivity index (χ2n) is 4.63. The first-order chi connectivity index (χ1) is 9.61. The minimum Gasteiger partial charge on any atom is -0.488 e. The van der Waals surface area contributed by atoms with E-state index in [9.17, 15) is 4.39 Å². The van der Waals surface area contributed by atoms with Crippen molar-refractivity contribution in [3.63, 3.8) is 0 Å². The van der Waals surface area contributed by atoms with Crippen molar-refractivity contribution >= 4 is 11.6 Å². The predicted octanol–water partition coefficient (Wildman–Crippen LogP) is 3.87. The van der Waals surface area contributed by atoms with Crippen molar-refractivity contribution in [2.75, 3.05) is 6.54 Å². The highest BCUT2D eigenvalue weighted by molar-refractivity contribution is 6.30. The first-order valence-corrected chi connectivity index (χ1v) is 6.85. The number of rotatable bonds is 5. The van der Waals surface area contributed by atoms with Crippen LogP contribution in [0.2, 0.25) is 5.02 Å². The summed E-state index contributed by atoms with van der Waals surface area (Å²) in [5.41, 5.74) is 8.09. The highest BCUT2D eigenvalue weighted by Crippen LogP contribution is 2.25. The number of aryl methyl sites for hydroxylation is 1. The molecule has 0 amide bonds. The lowest BCUT2D eigenvalue weighted by atomic mass is 10.1. The molecule has 0 radical (unpaired) electrons. The van der Waals surface area contributed by atoms with Gasteiger partial charge in [0.15, 0.2) is 0 Å². The van der Waals surface area contributed by atoms with Crippen molar-refractivity contribution in [3.8, 4) is 5.75 Å². The molecule has 106 valence electrons. The van der Waals surface area contributed by atoms with Crippen molar-refractivity contribution in [2.24, 2.45) is 5.73 Å². The summed E-state index contributed by atoms with van der Waals surface area (Å²) in [5, 5.41) is 0.497. The average molecular weight is 294 g/mol. The molecule has 0 aliphatic carbocycles. The molecule has 2 nitrogen and oxygen atoms in total. The van der Waals surface area contributed by atoms with Crippen LogP contribution in [0.1, 0.15) is 16.7 Å². The van der Waals surface area contributed by atoms with Crippen molar-refractivity contribution < 1.29 is 9.13 Å². The van der Waals surface area contributed by atoms with Gasteiger partial charge in [-0.3, -0.25) is 0 Å². The van der Waals surface area contributed by atoms with E-state index >= 15 is 0 Å². The molecule has 4 heteroatoms. The third kappa shape index (κ3) is 3.50. The molecule has 0 spiro atoms. The zero-order valence-electron chi connectivity index (χ0n) is 11.3. The molecule has 0 unspecified atom stereocenters. The molecule has 2 aromatic carbocycles. The fourth-order valence-corrected chi connectivity index (χ4v) is 2.27. The van der Waals surface area contributed by atoms with Crippen molar-refractivity contribution in [1.82, 2.24) is 0 Å². The Bertz CT molecular complexity index is 601. The zero-order chi connectivity index (χ0) is 14.5. The van der Waals surface area contributed by atoms with Crippen LogP contribution in [0.5, 0.6) is 5.75 Å². The van der Waals surface area contributed by atoms with E-state index in [-0.39, 0.29) is 12.4 Å². The van der Waals surface area contributed by atoms with Gasteiger partial charge in [-0.15, -0.1) is 0 Å². The molecule has 0 atom stereocenters. The number of ether oxygens (including phenoxy) is 1. The lowest BCUT2D eigenvalue weighted by Gasteiger charge is -2.14. The Kier molecular flexibility index (Phi) is 4.99. The summed E-state index contributed by atoms with van der Waals surface area (Å²) in [6.45, 7) is 2.66. The van der Waals surface area contributed by atoms with E-state index in [1.165, 1.54) is 12.1 Å². The van der Waals surface area contributed by atoms with Crippen molar-refractivity contribution in [2.45, 2.75) is 20.0 Å². The normalized spacial score (nSPS) is 10.6. The largest absolute Gasteiger partial charge is 0.488 e. The van der Waals surface area contributed by atoms with Gasteiger partial charge >= 0.3 is 0 Å². The third-order valence-electron chi connectivity index (χ3n) is 3.09. The van der Waals surface area contributed by atoms with E-state index < -0.39 is 0 Å². The molecule has 0 aromatic heterocycles. The van der Waals surface area contributed by atoms with Crippen LogP contribution in [-0.2, 0) is 13.0 Å². The SMILES string of the molecule is Cc1cccc(CCN)c1OCc1cc(Cl)ccc1F. The first-order valence-electron chi connectivity index (χ1n) is 6.47. The molecule has 0 saturated carbocycles. The van der Waals surface area contributed by atoms with E-state index in [0.717, 1.165) is 23.3 Å². The molecule has 0 aliphatic heterocycles. The van der Waals surface area contributed by atoms with Gasteiger partial charge in [0.05, 0.1) is 0 Å². The Morgan fingerprint density at radius 2 is 2.00 bits per heavy atom. The van der Waals surface area contributed by atoms with E-state index in [2.05, 4.69) is 0 Å². The van der Waals surface area contributed by atoms with Gasteiger partial charge in [-0.05, 0) is 49.2 Å². The highest BCUT2D eigenvalue weighted by Gasteiger charge is 2.09. The van der Waals surface area contributed by atoms with Crippen LogP contribution in [-0.4, -0.2) is 6.54 Å². The van der Waals surface area contributed by atoms with Gasteiger partial charge in [-0.2, -0.15) is 0 Å². The Morgan fingerprint density at radius 1 is 1.20 bits per heavy atom. The predicted molar refractivity (Wildman–Crippen MR) is 79.7 cm³/mol. The maximum Gasteiger partial charge on any atom is 0.129 e. The summed E-state index contributed by atoms with van der Waals surface area (Å²) in [7, 11) is 0. The minimum absolute atomic E-state index is 0.148. The number of nitrogens with two attached hydrogens (primary N) is 1. The molecule has 0 saturated heterocycles. The minimum atomic E-state index is -0.316. The smallest absolute Gasteiger partial charge is 0.129 e. The fraction of sp³-hybridized carbons (Fsp3) is 0.250. The molecular formula is C16H17ClFNO. The van der Waals surface area contributed by atoms with Gasteiger partial charge in [0, 0.05) is 10.6 Å². The van der Waals surface area contributed by atoms with E-state index in [0.29, 0.717) is 17.1 Å². The van der Waals surface area contributed by atoms with Gasteiger partial charge in [-0.25, -0.2) is 4.39 Å². The Balaban J connectivity index is 2.20. The average Bonchev–Trinajstić information content (AvgIpc) is 2.42. The molecule has 0 heterocycles. The second kappa shape index (κ2) is 6.73. The number of hydrogen-bond acceptors (Lipinski definition) is 2. The van der Waals surface area contributed by atoms with Gasteiger partial charge in [0.1, 0.15) is 18.2 Å². The quantitative estimate of drug-likeness (QED) is 0.908. The molecule has 2 N–H and O–H groups in total. The van der Waals surface area contributed by atoms with Crippen LogP contribution in [0.15, 0.2) is 36.4 Å². The van der Waals surface area contributed by atoms with Gasteiger partial charge in [0.25, 0.3) is 0 Å². The van der Waals surface area contributed by atoms with Crippen LogP contribution in [0, 0.1) is 12.7 Å². The third-order valence-corrected chi connectivity index (χ3v) is 3.32. The van der Waals surface area contributed by atoms with E-state index in [1.807, 2.05) is 25.1 Å². The zero-order valence-corrected chi connectivity index (χ0v) is 12.1. The summed E-state index contributed by atoms with van der Waals surface area (Å²) in [6, 6.07) is 10.4. The topological polar surface area (TPSA) is 35.2 Å². The Morgan fingerprint density at radius 3 is 2.75 bits per heavy atom. The fourth-order valence-electron chi connectivity index (χ4n) is 2.08. The Labute approximate surface area is 123 Å². The summed E-state index contributed by atoms with van der Waals surface area (Å²) in [6.07, 6.45) is 0.731. The summed E-state index contributed by atoms with van der Waals surface area (Å²) in [4.78, 5) is 0. The van der Waals surface area contributed by atoms with Gasteiger partial charge in [-0.1, -0.05) is 29.8 Å². The van der Waals surface area contributed by atoms with Crippen LogP contribution in [0.4, 0.5) is 4.39 Å². The van der Waals surface area contributed by atoms with Crippen LogP contribution in [0.25, 0.3) is 0 Å². The Hall–Kier alpha value is -1.58. The van der Waals surface area contributed by atoms with Crippen LogP contribution in [0.3, 0.4) is 0 Å². The highest BCUT2D eigenvalue weighted by atomic mass is 35.5. The molecule has 0 fully saturated rings. The van der Waals surface area contributed by atoms with Gasteiger partial charge in [0.2, 0.25) is 0 Å². The standard InChI is InChI=1S/C16H17ClFNO/c1-11-3-2-4-12(7-8-19)16(11)20-10-13-9-14(17)5-6-15(13)18/h2-6,9H,7-8,10,19H2,1H3. The maximum absolute atomic E-state index is 13.7. The number of halogens is 2. The molecule has 0 bridgehead atoms. The van der Waals surface area contributed by atoms with Crippen LogP contribution < -0.4 is 10.5 Å². The molecular weight excluding hydrogens is 277 g/mol. The monoisotopic (exact) mass is 293 g/mol. The van der Waals surface area contributed by atoms with E-state index in [4.69, 9.17) is 22.1 Å². The second-order valence-corrected chi connectivity index (χ2v) is 5.06. The summed E-state index contributed by atoms with van der Waals surface area (Å²) >= 11 is 5.87. The molecule has 20 heavy (non-hydrogen) atoms. The van der Waals surface area contributed by atoms with Crippen molar-refractivity contribution in [1.29, 1.82) is 0 Å². The number of hydrogen-bond donors (Lipinski definition) is 1. The molecule has 0 aliphatic rings. The maximum atomic E-state index is 13.7. The molecule has 2 rings (SSSR count). The summed E-state index contributed by atoms with van der Waals surface area (Å²) in [5.74, 6) is 0.459. The van der Waals surface area contributed by atoms with Gasteiger partial charge < -0.3 is 10.5 Å². The first kappa shape index (κ1) is 14.8. The van der Waals surface area contributed by atoms with E-state index in [1.54, 1.807) is 6.07 Å². The number of benzene rings is 2. The summed E-state index contributed by atoms with van der Waals surface area (Å²) < 4.78 is 19.5. The number of para-hydroxylation sites is 1. The molecule has 2 aromatic rings. The lowest BCUT2D eigenvalue weighted by Crippen LogP contribution is -2.07. The van der Waals surface area contributed by atoms with Crippen LogP contribution >= 0.6 is 11.6 Å².